The number of nitrogens with one attached hydrogen (secondary N) is 2. The molecule has 6 nitrogen and oxygen atoms in total. The number of carbonyl (C=O) groups excluding carboxylic acids is 2. The van der Waals surface area contributed by atoms with E-state index in [1.165, 1.54) is 12.0 Å². The number of hydrogen-bond donors (Lipinski definition) is 3. The van der Waals surface area contributed by atoms with Crippen LogP contribution in [0.25, 0.3) is 0 Å². The van der Waals surface area contributed by atoms with Gasteiger partial charge in [0.1, 0.15) is 6.54 Å². The summed E-state index contributed by atoms with van der Waals surface area (Å²) in [5.41, 5.74) is 1.32. The Kier molecular flexibility index (Phi) is 10.5. The Labute approximate surface area is 105 Å². The van der Waals surface area contributed by atoms with Gasteiger partial charge in [0.25, 0.3) is 0 Å². The molecule has 0 saturated heterocycles. The summed E-state index contributed by atoms with van der Waals surface area (Å²) in [5.74, 6) is -1.69. The number of aliphatic carboxylic acids is 1. The number of rotatable bonds is 5. The van der Waals surface area contributed by atoms with Gasteiger partial charge in [0, 0.05) is 0 Å². The normalized spacial score (nSPS) is 8.05. The molecule has 0 aromatic heterocycles. The number of hydrogen-bond acceptors (Lipinski definition) is 3. The molecule has 110 valence electrons. The largest absolute Gasteiger partial charge is 0.522 e. The van der Waals surface area contributed by atoms with Crippen LogP contribution < -0.4 is 10.6 Å². The fourth-order valence-electron chi connectivity index (χ4n) is 0.887. The average Bonchev–Trinajstić information content (AvgIpc) is 2.35. The summed E-state index contributed by atoms with van der Waals surface area (Å²) in [7, 11) is 0. The van der Waals surface area contributed by atoms with E-state index in [-0.39, 0.29) is 6.54 Å². The van der Waals surface area contributed by atoms with E-state index in [2.05, 4.69) is 19.1 Å². The number of carbonyl (C=O) groups is 2. The van der Waals surface area contributed by atoms with Crippen LogP contribution in [0.1, 0.15) is 5.56 Å². The van der Waals surface area contributed by atoms with E-state index in [0.717, 1.165) is 0 Å². The van der Waals surface area contributed by atoms with Gasteiger partial charge < -0.3 is 20.5 Å². The number of benzene rings is 1. The maximum absolute atomic E-state index is 10.5. The van der Waals surface area contributed by atoms with Crippen LogP contribution in [0.2, 0.25) is 0 Å². The Morgan fingerprint density at radius 2 is 1.79 bits per heavy atom. The van der Waals surface area contributed by atoms with E-state index >= 15 is 0 Å². The minimum atomic E-state index is -1.13. The van der Waals surface area contributed by atoms with Crippen LogP contribution in [-0.2, 0) is 14.4 Å². The van der Waals surface area contributed by atoms with E-state index in [1.807, 2.05) is 28.8 Å². The molecule has 2 amide bonds. The molecule has 0 fully saturated rings. The van der Waals surface area contributed by atoms with Crippen molar-refractivity contribution in [3.05, 3.63) is 35.9 Å². The van der Waals surface area contributed by atoms with Gasteiger partial charge in [-0.3, -0.25) is 9.59 Å². The zero-order valence-electron chi connectivity index (χ0n) is 10.3. The molecule has 19 heavy (non-hydrogen) atoms. The van der Waals surface area contributed by atoms with Crippen LogP contribution >= 0.6 is 0 Å². The van der Waals surface area contributed by atoms with Crippen LogP contribution in [0.15, 0.2) is 30.3 Å². The second kappa shape index (κ2) is 11.1. The second-order valence-electron chi connectivity index (χ2n) is 3.28. The molecule has 0 unspecified atom stereocenters. The molecule has 0 radical (unpaired) electrons. The van der Waals surface area contributed by atoms with Gasteiger partial charge in [-0.1, -0.05) is 35.9 Å². The number of carboxylic acids is 1. The Morgan fingerprint density at radius 1 is 1.21 bits per heavy atom. The Morgan fingerprint density at radius 3 is 2.16 bits per heavy atom. The van der Waals surface area contributed by atoms with Crippen molar-refractivity contribution in [3.8, 4) is 0 Å². The van der Waals surface area contributed by atoms with Gasteiger partial charge in [-0.15, -0.1) is 0 Å². The van der Waals surface area contributed by atoms with E-state index in [9.17, 15) is 14.4 Å². The minimum Gasteiger partial charge on any atom is -0.522 e. The van der Waals surface area contributed by atoms with Gasteiger partial charge in [0.15, 0.2) is 0 Å². The van der Waals surface area contributed by atoms with Crippen LogP contribution in [0.5, 0.6) is 0 Å². The smallest absolute Gasteiger partial charge is 0.322 e. The van der Waals surface area contributed by atoms with Crippen LogP contribution in [0, 0.1) is 6.92 Å². The topological polar surface area (TPSA) is 95.5 Å². The van der Waals surface area contributed by atoms with E-state index in [0.29, 0.717) is 0 Å². The molecular formula is C12H15FmN2O4-. The minimum absolute atomic E-state index is 0. The SMILES string of the molecule is Cc1ccccc1.O=[C-]NCC(=O)NCC(=O)O.[Fm]. The molecule has 0 bridgehead atoms. The predicted octanol–water partition coefficient (Wildman–Crippen LogP) is -0.161. The Bertz CT molecular complexity index is 385. The third-order valence-corrected chi connectivity index (χ3v) is 1.70. The summed E-state index contributed by atoms with van der Waals surface area (Å²) < 4.78 is 0. The zero-order valence-corrected chi connectivity index (χ0v) is 12.7. The molecule has 1 rings (SSSR count). The van der Waals surface area contributed by atoms with Gasteiger partial charge in [-0.05, 0) is 6.92 Å². The second-order valence-corrected chi connectivity index (χ2v) is 3.28. The summed E-state index contributed by atoms with van der Waals surface area (Å²) >= 11 is 0. The fourth-order valence-corrected chi connectivity index (χ4v) is 0.887. The summed E-state index contributed by atoms with van der Waals surface area (Å²) in [6, 6.07) is 10.3. The predicted molar refractivity (Wildman–Crippen MR) is 65.5 cm³/mol. The molecule has 1 aromatic rings. The van der Waals surface area contributed by atoms with Crippen molar-refractivity contribution >= 4 is 18.3 Å². The first kappa shape index (κ1) is 18.0. The Hall–Kier alpha value is -3.37. The standard InChI is InChI=1S/C7H8.C5H7N2O4.Fm/c1-7-5-3-2-4-6-7;8-3-6-1-4(9)7-2-5(10)11;/h2-6H,1H3;1-2H2,(H,6,8)(H,7,9)(H,10,11);/q;-1;. The van der Waals surface area contributed by atoms with Crippen LogP contribution in [0.4, 0.5) is 0 Å². The van der Waals surface area contributed by atoms with Crippen LogP contribution in [0.3, 0.4) is 0 Å². The van der Waals surface area contributed by atoms with Crippen molar-refractivity contribution in [1.29, 1.82) is 0 Å². The third-order valence-electron chi connectivity index (χ3n) is 1.70. The monoisotopic (exact) mass is 508 g/mol. The molecule has 0 heterocycles. The summed E-state index contributed by atoms with van der Waals surface area (Å²) in [6.07, 6.45) is 1.28. The molecule has 1 aromatic carbocycles. The zero-order chi connectivity index (χ0) is 13.8. The van der Waals surface area contributed by atoms with E-state index < -0.39 is 18.4 Å². The fraction of sp³-hybridized carbons (Fsp3) is 0.250. The molecule has 0 aliphatic rings. The van der Waals surface area contributed by atoms with Crippen molar-refractivity contribution in [3.63, 3.8) is 0 Å². The molecule has 0 spiro atoms. The van der Waals surface area contributed by atoms with Crippen LogP contribution in [-0.4, -0.2) is 36.5 Å². The summed E-state index contributed by atoms with van der Waals surface area (Å²) in [5, 5.41) is 12.1. The van der Waals surface area contributed by atoms with Gasteiger partial charge in [0.2, 0.25) is 5.91 Å². The average molecular weight is 508 g/mol. The maximum atomic E-state index is 10.5. The molecule has 7 heteroatoms. The molecular weight excluding hydrogens is 493 g/mol. The van der Waals surface area contributed by atoms with Gasteiger partial charge in [-0.2, -0.15) is 6.41 Å². The van der Waals surface area contributed by atoms with Crippen molar-refractivity contribution in [2.45, 2.75) is 6.92 Å². The molecule has 0 saturated carbocycles. The molecule has 0 atom stereocenters. The molecule has 0 aliphatic heterocycles. The number of aryl methyl sites for hydroxylation is 1. The third kappa shape index (κ3) is 12.6. The summed E-state index contributed by atoms with van der Waals surface area (Å²) in [6.45, 7) is 1.39. The first-order chi connectivity index (χ1) is 8.56. The number of amides is 2. The van der Waals surface area contributed by atoms with Crippen molar-refractivity contribution in [1.82, 2.24) is 10.6 Å². The van der Waals surface area contributed by atoms with Gasteiger partial charge >= 0.3 is 5.97 Å². The molecule has 0 aliphatic carbocycles. The van der Waals surface area contributed by atoms with Crippen molar-refractivity contribution in [2.24, 2.45) is 0 Å². The van der Waals surface area contributed by atoms with E-state index in [4.69, 9.17) is 5.11 Å². The first-order valence-corrected chi connectivity index (χ1v) is 5.16. The quantitative estimate of drug-likeness (QED) is 0.381. The van der Waals surface area contributed by atoms with Crippen molar-refractivity contribution in [2.75, 3.05) is 13.1 Å². The van der Waals surface area contributed by atoms with E-state index in [1.54, 1.807) is 0 Å². The maximum Gasteiger partial charge on any atom is 0.322 e. The molecule has 3 N–H and O–H groups in total. The van der Waals surface area contributed by atoms with Gasteiger partial charge in [0.05, 0.1) is 6.54 Å². The van der Waals surface area contributed by atoms with Crippen molar-refractivity contribution < 1.29 is 19.5 Å². The Balaban J connectivity index is 0. The van der Waals surface area contributed by atoms with Gasteiger partial charge in [-0.25, -0.2) is 0 Å². The number of carboxylic acid groups (broad SMARTS) is 1. The first-order valence-electron chi connectivity index (χ1n) is 5.16. The summed E-state index contributed by atoms with van der Waals surface area (Å²) in [4.78, 5) is 29.9.